The lowest BCUT2D eigenvalue weighted by Crippen LogP contribution is -2.38. The maximum absolute atomic E-state index is 2.51. The molecule has 0 amide bonds. The summed E-state index contributed by atoms with van der Waals surface area (Å²) in [5.74, 6) is 0. The first-order valence-corrected chi connectivity index (χ1v) is 8.86. The number of hydrogen-bond acceptors (Lipinski definition) is 1. The molecule has 0 N–H and O–H groups in total. The van der Waals surface area contributed by atoms with E-state index in [9.17, 15) is 0 Å². The lowest BCUT2D eigenvalue weighted by atomic mass is 10.1. The van der Waals surface area contributed by atoms with Crippen LogP contribution in [0.15, 0.2) is 24.3 Å². The summed E-state index contributed by atoms with van der Waals surface area (Å²) in [6.07, 6.45) is 0. The lowest BCUT2D eigenvalue weighted by molar-refractivity contribution is 0.328. The van der Waals surface area contributed by atoms with E-state index in [-0.39, 0.29) is 0 Å². The van der Waals surface area contributed by atoms with Gasteiger partial charge in [-0.1, -0.05) is 43.9 Å². The molecular formula is C12H19NSi. The fourth-order valence-corrected chi connectivity index (χ4v) is 5.30. The van der Waals surface area contributed by atoms with Crippen LogP contribution in [0.25, 0.3) is 0 Å². The molecule has 1 aliphatic heterocycles. The third kappa shape index (κ3) is 1.53. The summed E-state index contributed by atoms with van der Waals surface area (Å²) >= 11 is 0. The molecule has 2 rings (SSSR count). The SMILES string of the molecule is CN1Cc2ccccc2C1[Si](C)(C)C. The predicted molar refractivity (Wildman–Crippen MR) is 64.0 cm³/mol. The van der Waals surface area contributed by atoms with E-state index in [0.29, 0.717) is 5.67 Å². The number of hydrogen-bond donors (Lipinski definition) is 0. The first-order valence-electron chi connectivity index (χ1n) is 5.28. The van der Waals surface area contributed by atoms with E-state index in [4.69, 9.17) is 0 Å². The van der Waals surface area contributed by atoms with Gasteiger partial charge in [0.1, 0.15) is 0 Å². The van der Waals surface area contributed by atoms with E-state index in [1.165, 1.54) is 5.56 Å². The zero-order valence-electron chi connectivity index (χ0n) is 9.54. The normalized spacial score (nSPS) is 22.4. The van der Waals surface area contributed by atoms with Gasteiger partial charge < -0.3 is 0 Å². The van der Waals surface area contributed by atoms with Crippen LogP contribution < -0.4 is 0 Å². The predicted octanol–water partition coefficient (Wildman–Crippen LogP) is 3.05. The molecule has 1 heterocycles. The van der Waals surface area contributed by atoms with Crippen molar-refractivity contribution in [3.63, 3.8) is 0 Å². The van der Waals surface area contributed by atoms with Crippen molar-refractivity contribution in [1.29, 1.82) is 0 Å². The van der Waals surface area contributed by atoms with Gasteiger partial charge in [-0.3, -0.25) is 4.90 Å². The van der Waals surface area contributed by atoms with E-state index in [2.05, 4.69) is 55.9 Å². The smallest absolute Gasteiger partial charge is 0.0694 e. The number of nitrogens with zero attached hydrogens (tertiary/aromatic N) is 1. The largest absolute Gasteiger partial charge is 0.298 e. The second-order valence-electron chi connectivity index (χ2n) is 5.38. The third-order valence-corrected chi connectivity index (χ3v) is 5.42. The molecule has 0 aliphatic carbocycles. The molecule has 0 saturated heterocycles. The lowest BCUT2D eigenvalue weighted by Gasteiger charge is -2.31. The van der Waals surface area contributed by atoms with E-state index >= 15 is 0 Å². The first kappa shape index (κ1) is 9.93. The fourth-order valence-electron chi connectivity index (χ4n) is 2.67. The van der Waals surface area contributed by atoms with Crippen molar-refractivity contribution in [1.82, 2.24) is 4.90 Å². The minimum atomic E-state index is -1.11. The van der Waals surface area contributed by atoms with Crippen molar-refractivity contribution >= 4 is 8.07 Å². The van der Waals surface area contributed by atoms with Gasteiger partial charge in [0.2, 0.25) is 0 Å². The van der Waals surface area contributed by atoms with Crippen LogP contribution in [0, 0.1) is 0 Å². The van der Waals surface area contributed by atoms with Gasteiger partial charge in [0, 0.05) is 12.2 Å². The average Bonchev–Trinajstić information content (AvgIpc) is 2.38. The van der Waals surface area contributed by atoms with Gasteiger partial charge in [0.15, 0.2) is 0 Å². The quantitative estimate of drug-likeness (QED) is 0.637. The third-order valence-electron chi connectivity index (χ3n) is 3.03. The Morgan fingerprint density at radius 1 is 1.21 bits per heavy atom. The topological polar surface area (TPSA) is 3.24 Å². The molecule has 1 unspecified atom stereocenters. The number of rotatable bonds is 1. The van der Waals surface area contributed by atoms with Crippen molar-refractivity contribution in [3.05, 3.63) is 35.4 Å². The monoisotopic (exact) mass is 205 g/mol. The minimum absolute atomic E-state index is 0.707. The standard InChI is InChI=1S/C12H19NSi/c1-13-9-10-7-5-6-8-11(10)12(13)14(2,3)4/h5-8,12H,9H2,1-4H3. The molecule has 76 valence electrons. The highest BCUT2D eigenvalue weighted by Crippen LogP contribution is 2.38. The molecule has 0 fully saturated rings. The van der Waals surface area contributed by atoms with Crippen LogP contribution in [0.2, 0.25) is 19.6 Å². The van der Waals surface area contributed by atoms with Crippen LogP contribution in [0.1, 0.15) is 16.8 Å². The molecule has 14 heavy (non-hydrogen) atoms. The van der Waals surface area contributed by atoms with Crippen molar-refractivity contribution in [2.75, 3.05) is 7.05 Å². The highest BCUT2D eigenvalue weighted by molar-refractivity contribution is 6.77. The van der Waals surface area contributed by atoms with Crippen LogP contribution in [0.3, 0.4) is 0 Å². The van der Waals surface area contributed by atoms with E-state index in [1.54, 1.807) is 5.56 Å². The van der Waals surface area contributed by atoms with Gasteiger partial charge in [-0.15, -0.1) is 0 Å². The molecule has 0 saturated carbocycles. The highest BCUT2D eigenvalue weighted by atomic mass is 28.3. The van der Waals surface area contributed by atoms with Gasteiger partial charge in [-0.2, -0.15) is 0 Å². The van der Waals surface area contributed by atoms with Crippen molar-refractivity contribution < 1.29 is 0 Å². The summed E-state index contributed by atoms with van der Waals surface area (Å²) in [5, 5.41) is 0. The maximum atomic E-state index is 2.51. The maximum Gasteiger partial charge on any atom is 0.0694 e. The number of benzene rings is 1. The molecule has 1 nitrogen and oxygen atoms in total. The molecule has 0 aromatic heterocycles. The zero-order valence-corrected chi connectivity index (χ0v) is 10.5. The Morgan fingerprint density at radius 2 is 1.86 bits per heavy atom. The van der Waals surface area contributed by atoms with Crippen LogP contribution >= 0.6 is 0 Å². The summed E-state index contributed by atoms with van der Waals surface area (Å²) in [5.41, 5.74) is 3.82. The summed E-state index contributed by atoms with van der Waals surface area (Å²) in [7, 11) is 1.14. The van der Waals surface area contributed by atoms with Crippen LogP contribution in [-0.4, -0.2) is 20.0 Å². The Hall–Kier alpha value is -0.603. The fraction of sp³-hybridized carbons (Fsp3) is 0.500. The second kappa shape index (κ2) is 3.21. The summed E-state index contributed by atoms with van der Waals surface area (Å²) < 4.78 is 0. The zero-order chi connectivity index (χ0) is 10.3. The summed E-state index contributed by atoms with van der Waals surface area (Å²) in [4.78, 5) is 2.51. The summed E-state index contributed by atoms with van der Waals surface area (Å²) in [6, 6.07) is 8.90. The Balaban J connectivity index is 2.45. The van der Waals surface area contributed by atoms with Gasteiger partial charge >= 0.3 is 0 Å². The van der Waals surface area contributed by atoms with E-state index in [1.807, 2.05) is 0 Å². The van der Waals surface area contributed by atoms with E-state index in [0.717, 1.165) is 6.54 Å². The molecule has 2 heteroatoms. The average molecular weight is 205 g/mol. The van der Waals surface area contributed by atoms with Gasteiger partial charge in [-0.25, -0.2) is 0 Å². The Labute approximate surface area is 87.8 Å². The van der Waals surface area contributed by atoms with Crippen molar-refractivity contribution in [3.8, 4) is 0 Å². The Bertz CT molecular complexity index is 340. The van der Waals surface area contributed by atoms with Crippen LogP contribution in [-0.2, 0) is 6.54 Å². The van der Waals surface area contributed by atoms with Crippen molar-refractivity contribution in [2.24, 2.45) is 0 Å². The molecule has 1 aromatic rings. The van der Waals surface area contributed by atoms with Gasteiger partial charge in [0.05, 0.1) is 8.07 Å². The molecule has 1 atom stereocenters. The Kier molecular flexibility index (Phi) is 2.28. The molecule has 1 aliphatic rings. The van der Waals surface area contributed by atoms with Crippen LogP contribution in [0.4, 0.5) is 0 Å². The Morgan fingerprint density at radius 3 is 2.50 bits per heavy atom. The minimum Gasteiger partial charge on any atom is -0.298 e. The van der Waals surface area contributed by atoms with Crippen molar-refractivity contribution in [2.45, 2.75) is 31.9 Å². The van der Waals surface area contributed by atoms with Gasteiger partial charge in [-0.05, 0) is 18.2 Å². The first-order chi connectivity index (χ1) is 6.50. The van der Waals surface area contributed by atoms with E-state index < -0.39 is 8.07 Å². The van der Waals surface area contributed by atoms with Gasteiger partial charge in [0.25, 0.3) is 0 Å². The highest BCUT2D eigenvalue weighted by Gasteiger charge is 2.36. The molecule has 0 bridgehead atoms. The molecular weight excluding hydrogens is 186 g/mol. The second-order valence-corrected chi connectivity index (χ2v) is 10.7. The molecule has 1 aromatic carbocycles. The summed E-state index contributed by atoms with van der Waals surface area (Å²) in [6.45, 7) is 8.49. The molecule has 0 spiro atoms. The van der Waals surface area contributed by atoms with Crippen LogP contribution in [0.5, 0.6) is 0 Å². The molecule has 0 radical (unpaired) electrons. The number of fused-ring (bicyclic) bond motifs is 1.